The predicted octanol–water partition coefficient (Wildman–Crippen LogP) is 2.65. The number of aromatic nitrogens is 2. The number of ether oxygens (including phenoxy) is 1. The van der Waals surface area contributed by atoms with Gasteiger partial charge in [0, 0.05) is 23.2 Å². The smallest absolute Gasteiger partial charge is 0.146 e. The number of hydrogen-bond acceptors (Lipinski definition) is 3. The molecule has 0 atom stereocenters. The lowest BCUT2D eigenvalue weighted by atomic mass is 10.2. The fraction of sp³-hybridized carbons (Fsp3) is 0.357. The average Bonchev–Trinajstić information content (AvgIpc) is 2.73. The van der Waals surface area contributed by atoms with Crippen LogP contribution >= 0.6 is 11.6 Å². The fourth-order valence-corrected chi connectivity index (χ4v) is 2.18. The summed E-state index contributed by atoms with van der Waals surface area (Å²) >= 11 is 6.12. The van der Waals surface area contributed by atoms with Crippen LogP contribution in [-0.2, 0) is 6.42 Å². The van der Waals surface area contributed by atoms with Crippen LogP contribution in [0.5, 0.6) is 5.75 Å². The minimum Gasteiger partial charge on any atom is -0.494 e. The Morgan fingerprint density at radius 2 is 2.05 bits per heavy atom. The molecule has 2 aromatic rings. The van der Waals surface area contributed by atoms with Crippen molar-refractivity contribution < 1.29 is 4.74 Å². The van der Waals surface area contributed by atoms with Gasteiger partial charge in [0.25, 0.3) is 0 Å². The van der Waals surface area contributed by atoms with Gasteiger partial charge >= 0.3 is 0 Å². The summed E-state index contributed by atoms with van der Waals surface area (Å²) in [6, 6.07) is 5.83. The first kappa shape index (κ1) is 13.9. The maximum Gasteiger partial charge on any atom is 0.146 e. The average molecular weight is 280 g/mol. The number of methoxy groups -OCH3 is 1. The molecule has 0 fully saturated rings. The maximum absolute atomic E-state index is 6.12. The highest BCUT2D eigenvalue weighted by molar-refractivity contribution is 6.31. The molecule has 1 heterocycles. The van der Waals surface area contributed by atoms with E-state index in [1.54, 1.807) is 7.11 Å². The van der Waals surface area contributed by atoms with E-state index >= 15 is 0 Å². The lowest BCUT2D eigenvalue weighted by Crippen LogP contribution is -2.05. The first-order chi connectivity index (χ1) is 9.06. The van der Waals surface area contributed by atoms with E-state index in [4.69, 9.17) is 22.1 Å². The van der Waals surface area contributed by atoms with Gasteiger partial charge in [-0.3, -0.25) is 0 Å². The summed E-state index contributed by atoms with van der Waals surface area (Å²) < 4.78 is 7.26. The van der Waals surface area contributed by atoms with Crippen molar-refractivity contribution in [2.75, 3.05) is 13.7 Å². The first-order valence-corrected chi connectivity index (χ1v) is 6.54. The van der Waals surface area contributed by atoms with Crippen LogP contribution in [0.15, 0.2) is 18.2 Å². The van der Waals surface area contributed by atoms with E-state index in [0.717, 1.165) is 29.1 Å². The predicted molar refractivity (Wildman–Crippen MR) is 77.4 cm³/mol. The molecule has 1 aromatic heterocycles. The van der Waals surface area contributed by atoms with Gasteiger partial charge in [-0.2, -0.15) is 5.10 Å². The molecule has 0 aliphatic heterocycles. The van der Waals surface area contributed by atoms with Crippen LogP contribution in [0.3, 0.4) is 0 Å². The molecular formula is C14H18ClN3O. The summed E-state index contributed by atoms with van der Waals surface area (Å²) in [5.74, 6) is 0.709. The molecular weight excluding hydrogens is 262 g/mol. The van der Waals surface area contributed by atoms with Crippen molar-refractivity contribution in [3.8, 4) is 11.4 Å². The van der Waals surface area contributed by atoms with Crippen LogP contribution in [0.2, 0.25) is 5.02 Å². The van der Waals surface area contributed by atoms with Crippen LogP contribution in [0.1, 0.15) is 17.0 Å². The number of nitrogens with two attached hydrogens (primary N) is 1. The zero-order valence-corrected chi connectivity index (χ0v) is 12.2. The molecule has 5 heteroatoms. The largest absolute Gasteiger partial charge is 0.494 e. The van der Waals surface area contributed by atoms with Crippen LogP contribution < -0.4 is 10.5 Å². The molecule has 4 nitrogen and oxygen atoms in total. The van der Waals surface area contributed by atoms with Crippen molar-refractivity contribution in [3.63, 3.8) is 0 Å². The first-order valence-electron chi connectivity index (χ1n) is 6.17. The van der Waals surface area contributed by atoms with E-state index in [1.165, 1.54) is 0 Å². The molecule has 0 aliphatic rings. The maximum atomic E-state index is 6.12. The van der Waals surface area contributed by atoms with Gasteiger partial charge in [0.05, 0.1) is 12.8 Å². The van der Waals surface area contributed by atoms with Crippen molar-refractivity contribution in [1.82, 2.24) is 9.78 Å². The Morgan fingerprint density at radius 1 is 1.32 bits per heavy atom. The molecule has 0 aliphatic carbocycles. The normalized spacial score (nSPS) is 10.8. The van der Waals surface area contributed by atoms with E-state index in [-0.39, 0.29) is 0 Å². The molecule has 0 radical (unpaired) electrons. The quantitative estimate of drug-likeness (QED) is 0.936. The number of aryl methyl sites for hydroxylation is 2. The second kappa shape index (κ2) is 5.63. The molecule has 0 unspecified atom stereocenters. The Kier molecular flexibility index (Phi) is 4.12. The summed E-state index contributed by atoms with van der Waals surface area (Å²) in [7, 11) is 1.63. The number of benzene rings is 1. The van der Waals surface area contributed by atoms with E-state index in [0.29, 0.717) is 17.3 Å². The summed E-state index contributed by atoms with van der Waals surface area (Å²) in [5, 5.41) is 5.25. The van der Waals surface area contributed by atoms with Crippen LogP contribution in [0.25, 0.3) is 5.69 Å². The monoisotopic (exact) mass is 279 g/mol. The summed E-state index contributed by atoms with van der Waals surface area (Å²) in [6.07, 6.45) is 0.767. The second-order valence-corrected chi connectivity index (χ2v) is 4.91. The highest BCUT2D eigenvalue weighted by atomic mass is 35.5. The lowest BCUT2D eigenvalue weighted by Gasteiger charge is -2.12. The van der Waals surface area contributed by atoms with E-state index in [1.807, 2.05) is 36.7 Å². The molecule has 0 amide bonds. The van der Waals surface area contributed by atoms with Gasteiger partial charge in [0.1, 0.15) is 11.4 Å². The van der Waals surface area contributed by atoms with Gasteiger partial charge in [-0.15, -0.1) is 0 Å². The minimum atomic E-state index is 0.591. The summed E-state index contributed by atoms with van der Waals surface area (Å²) in [6.45, 7) is 4.56. The van der Waals surface area contributed by atoms with Crippen molar-refractivity contribution in [2.45, 2.75) is 20.3 Å². The number of nitrogens with zero attached hydrogens (tertiary/aromatic N) is 2. The molecule has 19 heavy (non-hydrogen) atoms. The van der Waals surface area contributed by atoms with Gasteiger partial charge < -0.3 is 10.5 Å². The molecule has 0 saturated heterocycles. The van der Waals surface area contributed by atoms with Gasteiger partial charge in [-0.25, -0.2) is 4.68 Å². The lowest BCUT2D eigenvalue weighted by molar-refractivity contribution is 0.411. The molecule has 1 aromatic carbocycles. The topological polar surface area (TPSA) is 53.1 Å². The molecule has 0 saturated carbocycles. The second-order valence-electron chi connectivity index (χ2n) is 4.50. The Morgan fingerprint density at radius 3 is 2.68 bits per heavy atom. The van der Waals surface area contributed by atoms with Gasteiger partial charge in [-0.1, -0.05) is 11.6 Å². The third-order valence-corrected chi connectivity index (χ3v) is 3.43. The fourth-order valence-electron chi connectivity index (χ4n) is 2.03. The zero-order valence-electron chi connectivity index (χ0n) is 11.4. The van der Waals surface area contributed by atoms with Gasteiger partial charge in [-0.05, 0) is 38.1 Å². The number of halogens is 1. The molecule has 102 valence electrons. The Balaban J connectivity index is 2.54. The zero-order chi connectivity index (χ0) is 14.0. The third kappa shape index (κ3) is 2.74. The molecule has 0 bridgehead atoms. The minimum absolute atomic E-state index is 0.591. The Hall–Kier alpha value is -1.52. The molecule has 0 spiro atoms. The third-order valence-electron chi connectivity index (χ3n) is 3.03. The molecule has 2 N–H and O–H groups in total. The van der Waals surface area contributed by atoms with Gasteiger partial charge in [0.15, 0.2) is 0 Å². The van der Waals surface area contributed by atoms with E-state index in [9.17, 15) is 0 Å². The highest BCUT2D eigenvalue weighted by Gasteiger charge is 2.13. The SMILES string of the molecule is COc1cc(Cl)c(C)cc1-n1nc(CCN)cc1C. The van der Waals surface area contributed by atoms with E-state index in [2.05, 4.69) is 5.10 Å². The number of hydrogen-bond donors (Lipinski definition) is 1. The molecule has 2 rings (SSSR count). The van der Waals surface area contributed by atoms with Crippen LogP contribution in [0.4, 0.5) is 0 Å². The van der Waals surface area contributed by atoms with E-state index < -0.39 is 0 Å². The summed E-state index contributed by atoms with van der Waals surface area (Å²) in [4.78, 5) is 0. The Bertz CT molecular complexity index is 593. The van der Waals surface area contributed by atoms with Crippen LogP contribution in [-0.4, -0.2) is 23.4 Å². The van der Waals surface area contributed by atoms with Crippen LogP contribution in [0, 0.1) is 13.8 Å². The number of rotatable bonds is 4. The van der Waals surface area contributed by atoms with Crippen molar-refractivity contribution in [1.29, 1.82) is 0 Å². The standard InChI is InChI=1S/C14H18ClN3O/c1-9-6-13(14(19-3)8-12(9)15)18-10(2)7-11(17-18)4-5-16/h6-8H,4-5,16H2,1-3H3. The Labute approximate surface area is 118 Å². The van der Waals surface area contributed by atoms with Crippen molar-refractivity contribution in [2.24, 2.45) is 5.73 Å². The highest BCUT2D eigenvalue weighted by Crippen LogP contribution is 2.30. The summed E-state index contributed by atoms with van der Waals surface area (Å²) in [5.41, 5.74) is 9.48. The van der Waals surface area contributed by atoms with Crippen molar-refractivity contribution >= 4 is 11.6 Å². The van der Waals surface area contributed by atoms with Crippen molar-refractivity contribution in [3.05, 3.63) is 40.2 Å². The van der Waals surface area contributed by atoms with Gasteiger partial charge in [0.2, 0.25) is 0 Å².